The molecular formula is C49H66N8O9. The number of hydrogen-bond acceptors (Lipinski definition) is 10. The Bertz CT molecular complexity index is 2310. The highest BCUT2D eigenvalue weighted by Gasteiger charge is 2.25. The average Bonchev–Trinajstić information content (AvgIpc) is 3.17. The Balaban J connectivity index is 1.31. The van der Waals surface area contributed by atoms with Gasteiger partial charge in [-0.1, -0.05) is 42.5 Å². The number of rotatable bonds is 8. The van der Waals surface area contributed by atoms with Crippen LogP contribution in [-0.4, -0.2) is 82.6 Å². The van der Waals surface area contributed by atoms with E-state index in [1.165, 1.54) is 0 Å². The Kier molecular flexibility index (Phi) is 17.1. The van der Waals surface area contributed by atoms with Crippen molar-refractivity contribution in [3.05, 3.63) is 101 Å². The average molecular weight is 911 g/mol. The van der Waals surface area contributed by atoms with Gasteiger partial charge in [0.15, 0.2) is 0 Å². The molecule has 17 nitrogen and oxygen atoms in total. The Labute approximate surface area is 388 Å². The molecule has 1 heterocycles. The third kappa shape index (κ3) is 18.7. The molecule has 356 valence electrons. The van der Waals surface area contributed by atoms with Crippen molar-refractivity contribution in [2.45, 2.75) is 132 Å². The molecule has 0 radical (unpaired) electrons. The first-order chi connectivity index (χ1) is 30.6. The van der Waals surface area contributed by atoms with Gasteiger partial charge < -0.3 is 39.8 Å². The lowest BCUT2D eigenvalue weighted by Crippen LogP contribution is -2.48. The molecular weight excluding hydrogens is 845 g/mol. The zero-order valence-corrected chi connectivity index (χ0v) is 40.5. The lowest BCUT2D eigenvalue weighted by atomic mass is 9.99. The molecule has 17 heteroatoms. The fourth-order valence-electron chi connectivity index (χ4n) is 6.14. The maximum Gasteiger partial charge on any atom is 0.437 e. The maximum absolute atomic E-state index is 13.4. The van der Waals surface area contributed by atoms with E-state index in [-0.39, 0.29) is 24.4 Å². The summed E-state index contributed by atoms with van der Waals surface area (Å²) in [6, 6.07) is 20.9. The Morgan fingerprint density at radius 2 is 1.15 bits per heavy atom. The van der Waals surface area contributed by atoms with Gasteiger partial charge in [-0.3, -0.25) is 15.4 Å². The fraction of sp³-hybridized carbons (Fsp3) is 0.449. The molecule has 0 fully saturated rings. The summed E-state index contributed by atoms with van der Waals surface area (Å²) >= 11 is 0. The van der Waals surface area contributed by atoms with Crippen LogP contribution >= 0.6 is 0 Å². The van der Waals surface area contributed by atoms with Gasteiger partial charge in [0.1, 0.15) is 22.4 Å². The number of hydrogen-bond donors (Lipinski definition) is 5. The number of ether oxygens (including phenoxy) is 4. The second-order valence-corrected chi connectivity index (χ2v) is 19.6. The summed E-state index contributed by atoms with van der Waals surface area (Å²) in [5.74, 6) is -0.293. The number of guanidine groups is 2. The summed E-state index contributed by atoms with van der Waals surface area (Å²) < 4.78 is 21.4. The van der Waals surface area contributed by atoms with Crippen molar-refractivity contribution in [1.82, 2.24) is 20.9 Å². The van der Waals surface area contributed by atoms with E-state index in [1.54, 1.807) is 88.0 Å². The van der Waals surface area contributed by atoms with Crippen molar-refractivity contribution in [3.63, 3.8) is 0 Å². The van der Waals surface area contributed by atoms with Gasteiger partial charge in [0, 0.05) is 43.1 Å². The summed E-state index contributed by atoms with van der Waals surface area (Å²) in [5, 5.41) is 14.5. The molecule has 1 aliphatic rings. The maximum atomic E-state index is 13.4. The quantitative estimate of drug-likeness (QED) is 0.0813. The van der Waals surface area contributed by atoms with Gasteiger partial charge in [-0.15, -0.1) is 9.98 Å². The molecule has 0 saturated heterocycles. The second kappa shape index (κ2) is 21.8. The number of aryl methyl sites for hydroxylation is 1. The molecule has 0 spiro atoms. The van der Waals surface area contributed by atoms with Gasteiger partial charge in [0.25, 0.3) is 5.91 Å². The molecule has 0 unspecified atom stereocenters. The van der Waals surface area contributed by atoms with Crippen LogP contribution in [0.3, 0.4) is 0 Å². The SMILES string of the molecule is Cc1cc(CNc2ccc(CN/C(=N\C(=O)OC(C)(C)C)NC(=O)OC(C)(C)C)cc2)ccc1C(=O)Nc1ccc(C2=CCN(/C(=N\C(=O)OC(C)(C)C)NC(=O)OC(C)(C)C)CC2)cc1. The van der Waals surface area contributed by atoms with Crippen LogP contribution in [-0.2, 0) is 32.0 Å². The number of nitrogens with zero attached hydrogens (tertiary/aromatic N) is 3. The largest absolute Gasteiger partial charge is 0.444 e. The smallest absolute Gasteiger partial charge is 0.437 e. The van der Waals surface area contributed by atoms with Crippen molar-refractivity contribution < 1.29 is 42.9 Å². The summed E-state index contributed by atoms with van der Waals surface area (Å²) in [4.78, 5) is 73.1. The number of benzene rings is 3. The minimum atomic E-state index is -0.863. The van der Waals surface area contributed by atoms with Crippen LogP contribution in [0.15, 0.2) is 82.8 Å². The molecule has 4 rings (SSSR count). The molecule has 1 aliphatic heterocycles. The van der Waals surface area contributed by atoms with Crippen LogP contribution in [0.5, 0.6) is 0 Å². The van der Waals surface area contributed by atoms with Gasteiger partial charge in [-0.25, -0.2) is 19.2 Å². The van der Waals surface area contributed by atoms with E-state index in [9.17, 15) is 24.0 Å². The zero-order chi connectivity index (χ0) is 49.0. The number of nitrogens with one attached hydrogen (secondary N) is 5. The molecule has 0 aromatic heterocycles. The molecule has 3 aromatic rings. The van der Waals surface area contributed by atoms with Crippen molar-refractivity contribution in [2.75, 3.05) is 23.7 Å². The first-order valence-electron chi connectivity index (χ1n) is 21.7. The first-order valence-corrected chi connectivity index (χ1v) is 21.7. The standard InChI is InChI=1S/C49H66N8O9/c1-31-28-33(30-50-36-19-14-32(15-20-36)29-51-40(53-42(59)63-46(2,3)4)54-43(60)64-47(5,6)7)16-23-38(31)39(58)52-37-21-17-34(18-22-37)35-24-26-57(27-25-35)41(55-44(61)65-48(8,9)10)56-45(62)66-49(11,12)13/h14-24,28,50H,25-27,29-30H2,1-13H3,(H,52,58)(H,55,56,61,62)(H2,51,53,54,59,60). The second-order valence-electron chi connectivity index (χ2n) is 19.6. The fourth-order valence-corrected chi connectivity index (χ4v) is 6.14. The van der Waals surface area contributed by atoms with Crippen LogP contribution in [0, 0.1) is 6.92 Å². The Hall–Kier alpha value is -6.91. The summed E-state index contributed by atoms with van der Waals surface area (Å²) in [6.45, 7) is 24.3. The van der Waals surface area contributed by atoms with E-state index in [4.69, 9.17) is 18.9 Å². The Morgan fingerprint density at radius 1 is 0.621 bits per heavy atom. The van der Waals surface area contributed by atoms with Gasteiger partial charge in [0.05, 0.1) is 0 Å². The lowest BCUT2D eigenvalue weighted by molar-refractivity contribution is 0.0539. The number of carbonyl (C=O) groups excluding carboxylic acids is 5. The number of carbonyl (C=O) groups is 5. The molecule has 0 saturated carbocycles. The van der Waals surface area contributed by atoms with Crippen molar-refractivity contribution in [1.29, 1.82) is 0 Å². The predicted molar refractivity (Wildman–Crippen MR) is 256 cm³/mol. The third-order valence-electron chi connectivity index (χ3n) is 8.89. The third-order valence-corrected chi connectivity index (χ3v) is 8.89. The molecule has 0 bridgehead atoms. The minimum Gasteiger partial charge on any atom is -0.444 e. The number of alkyl carbamates (subject to hydrolysis) is 2. The molecule has 5 amide bonds. The zero-order valence-electron chi connectivity index (χ0n) is 40.5. The van der Waals surface area contributed by atoms with E-state index in [0.29, 0.717) is 37.3 Å². The molecule has 0 atom stereocenters. The normalized spacial score (nSPS) is 13.7. The molecule has 3 aromatic carbocycles. The highest BCUT2D eigenvalue weighted by atomic mass is 16.6. The molecule has 66 heavy (non-hydrogen) atoms. The van der Waals surface area contributed by atoms with Crippen LogP contribution in [0.25, 0.3) is 5.57 Å². The summed E-state index contributed by atoms with van der Waals surface area (Å²) in [6.07, 6.45) is -0.583. The van der Waals surface area contributed by atoms with E-state index < -0.39 is 46.8 Å². The predicted octanol–water partition coefficient (Wildman–Crippen LogP) is 9.67. The summed E-state index contributed by atoms with van der Waals surface area (Å²) in [5.41, 5.74) is 3.74. The first kappa shape index (κ1) is 51.7. The van der Waals surface area contributed by atoms with Gasteiger partial charge in [-0.05, 0) is 155 Å². The highest BCUT2D eigenvalue weighted by molar-refractivity contribution is 6.05. The topological polar surface area (TPSA) is 210 Å². The van der Waals surface area contributed by atoms with E-state index in [1.807, 2.05) is 79.7 Å². The lowest BCUT2D eigenvalue weighted by Gasteiger charge is -2.30. The van der Waals surface area contributed by atoms with Gasteiger partial charge in [-0.2, -0.15) is 0 Å². The van der Waals surface area contributed by atoms with Gasteiger partial charge in [0.2, 0.25) is 11.9 Å². The minimum absolute atomic E-state index is 0.0423. The van der Waals surface area contributed by atoms with Crippen molar-refractivity contribution in [2.24, 2.45) is 9.98 Å². The monoisotopic (exact) mass is 910 g/mol. The summed E-state index contributed by atoms with van der Waals surface area (Å²) in [7, 11) is 0. The highest BCUT2D eigenvalue weighted by Crippen LogP contribution is 2.25. The van der Waals surface area contributed by atoms with Crippen LogP contribution in [0.2, 0.25) is 0 Å². The van der Waals surface area contributed by atoms with E-state index >= 15 is 0 Å². The molecule has 0 aliphatic carbocycles. The Morgan fingerprint density at radius 3 is 1.68 bits per heavy atom. The van der Waals surface area contributed by atoms with Crippen molar-refractivity contribution in [3.8, 4) is 0 Å². The van der Waals surface area contributed by atoms with Crippen LogP contribution < -0.4 is 26.6 Å². The number of amides is 5. The number of anilines is 2. The van der Waals surface area contributed by atoms with E-state index in [0.717, 1.165) is 33.5 Å². The van der Waals surface area contributed by atoms with Crippen LogP contribution in [0.1, 0.15) is 122 Å². The van der Waals surface area contributed by atoms with E-state index in [2.05, 4.69) is 36.6 Å². The number of aliphatic imine (C=N–C) groups is 2. The van der Waals surface area contributed by atoms with Crippen molar-refractivity contribution >= 4 is 59.1 Å². The van der Waals surface area contributed by atoms with Gasteiger partial charge >= 0.3 is 24.4 Å². The molecule has 5 N–H and O–H groups in total. The van der Waals surface area contributed by atoms with Crippen LogP contribution in [0.4, 0.5) is 30.6 Å².